The minimum atomic E-state index is -0.274. The first-order valence-electron chi connectivity index (χ1n) is 6.16. The average molecular weight is 257 g/mol. The van der Waals surface area contributed by atoms with E-state index in [-0.39, 0.29) is 11.7 Å². The first kappa shape index (κ1) is 13.3. The van der Waals surface area contributed by atoms with Crippen LogP contribution in [-0.2, 0) is 6.54 Å². The van der Waals surface area contributed by atoms with Gasteiger partial charge >= 0.3 is 0 Å². The van der Waals surface area contributed by atoms with Crippen LogP contribution in [0.2, 0.25) is 0 Å². The minimum absolute atomic E-state index is 0.106. The van der Waals surface area contributed by atoms with Gasteiger partial charge in [-0.05, 0) is 43.2 Å². The predicted molar refractivity (Wildman–Crippen MR) is 73.5 cm³/mol. The predicted octanol–water partition coefficient (Wildman–Crippen LogP) is 3.37. The van der Waals surface area contributed by atoms with E-state index in [0.717, 1.165) is 16.7 Å². The Morgan fingerprint density at radius 3 is 2.47 bits per heavy atom. The smallest absolute Gasteiger partial charge is 0.251 e. The zero-order chi connectivity index (χ0) is 13.8. The highest BCUT2D eigenvalue weighted by atomic mass is 19.1. The molecule has 98 valence electrons. The van der Waals surface area contributed by atoms with Gasteiger partial charge in [-0.15, -0.1) is 0 Å². The minimum Gasteiger partial charge on any atom is -0.348 e. The molecule has 2 aromatic carbocycles. The molecule has 0 radical (unpaired) electrons. The normalized spacial score (nSPS) is 10.3. The molecule has 2 nitrogen and oxygen atoms in total. The molecule has 0 unspecified atom stereocenters. The average Bonchev–Trinajstić information content (AvgIpc) is 2.40. The van der Waals surface area contributed by atoms with Gasteiger partial charge in [-0.2, -0.15) is 0 Å². The maximum atomic E-state index is 12.8. The summed E-state index contributed by atoms with van der Waals surface area (Å²) in [6, 6.07) is 11.9. The van der Waals surface area contributed by atoms with Crippen molar-refractivity contribution in [2.45, 2.75) is 20.4 Å². The van der Waals surface area contributed by atoms with Crippen molar-refractivity contribution >= 4 is 5.91 Å². The van der Waals surface area contributed by atoms with Gasteiger partial charge in [0.15, 0.2) is 0 Å². The van der Waals surface area contributed by atoms with Crippen molar-refractivity contribution in [3.05, 3.63) is 70.5 Å². The molecule has 0 aromatic heterocycles. The Morgan fingerprint density at radius 2 is 1.79 bits per heavy atom. The number of aryl methyl sites for hydroxylation is 2. The summed E-state index contributed by atoms with van der Waals surface area (Å²) in [6.07, 6.45) is 0. The van der Waals surface area contributed by atoms with Crippen LogP contribution in [0.15, 0.2) is 42.5 Å². The first-order valence-corrected chi connectivity index (χ1v) is 6.16. The molecule has 2 rings (SSSR count). The largest absolute Gasteiger partial charge is 0.348 e. The van der Waals surface area contributed by atoms with Crippen LogP contribution in [0.5, 0.6) is 0 Å². The van der Waals surface area contributed by atoms with E-state index in [1.165, 1.54) is 12.1 Å². The third-order valence-electron chi connectivity index (χ3n) is 3.00. The van der Waals surface area contributed by atoms with Crippen molar-refractivity contribution in [3.8, 4) is 0 Å². The van der Waals surface area contributed by atoms with Crippen LogP contribution in [0.4, 0.5) is 4.39 Å². The van der Waals surface area contributed by atoms with Gasteiger partial charge in [-0.3, -0.25) is 4.79 Å². The number of hydrogen-bond acceptors (Lipinski definition) is 1. The van der Waals surface area contributed by atoms with Crippen LogP contribution < -0.4 is 5.32 Å². The summed E-state index contributed by atoms with van der Waals surface area (Å²) >= 11 is 0. The van der Waals surface area contributed by atoms with Crippen molar-refractivity contribution in [2.24, 2.45) is 0 Å². The maximum absolute atomic E-state index is 12.8. The van der Waals surface area contributed by atoms with Crippen LogP contribution in [-0.4, -0.2) is 5.91 Å². The van der Waals surface area contributed by atoms with Crippen LogP contribution >= 0.6 is 0 Å². The first-order chi connectivity index (χ1) is 9.06. The lowest BCUT2D eigenvalue weighted by atomic mass is 10.0. The molecule has 0 atom stereocenters. The van der Waals surface area contributed by atoms with Gasteiger partial charge in [0.1, 0.15) is 5.82 Å². The zero-order valence-electron chi connectivity index (χ0n) is 11.0. The molecule has 0 saturated heterocycles. The third kappa shape index (κ3) is 3.41. The standard InChI is InChI=1S/C16H16FNO/c1-11-3-4-12(2)15(9-11)16(19)18-10-13-5-7-14(17)8-6-13/h3-9H,10H2,1-2H3,(H,18,19). The third-order valence-corrected chi connectivity index (χ3v) is 3.00. The van der Waals surface area contributed by atoms with Crippen LogP contribution in [0.3, 0.4) is 0 Å². The number of carbonyl (C=O) groups is 1. The Balaban J connectivity index is 2.05. The van der Waals surface area contributed by atoms with Gasteiger partial charge < -0.3 is 5.32 Å². The molecule has 0 fully saturated rings. The second-order valence-corrected chi connectivity index (χ2v) is 4.63. The lowest BCUT2D eigenvalue weighted by molar-refractivity contribution is 0.0950. The van der Waals surface area contributed by atoms with E-state index in [4.69, 9.17) is 0 Å². The summed E-state index contributed by atoms with van der Waals surface area (Å²) < 4.78 is 12.8. The summed E-state index contributed by atoms with van der Waals surface area (Å²) in [4.78, 5) is 12.1. The van der Waals surface area contributed by atoms with E-state index >= 15 is 0 Å². The van der Waals surface area contributed by atoms with Crippen LogP contribution in [0, 0.1) is 19.7 Å². The number of benzene rings is 2. The molecule has 0 aliphatic rings. The Kier molecular flexibility index (Phi) is 3.95. The Bertz CT molecular complexity index is 590. The molecule has 0 saturated carbocycles. The number of amides is 1. The second kappa shape index (κ2) is 5.65. The number of halogens is 1. The molecule has 0 bridgehead atoms. The van der Waals surface area contributed by atoms with Crippen LogP contribution in [0.1, 0.15) is 27.0 Å². The van der Waals surface area contributed by atoms with Gasteiger partial charge in [0.05, 0.1) is 0 Å². The maximum Gasteiger partial charge on any atom is 0.251 e. The zero-order valence-corrected chi connectivity index (χ0v) is 11.0. The molecule has 1 N–H and O–H groups in total. The highest BCUT2D eigenvalue weighted by Gasteiger charge is 2.08. The van der Waals surface area contributed by atoms with Gasteiger partial charge in [0.2, 0.25) is 0 Å². The highest BCUT2D eigenvalue weighted by molar-refractivity contribution is 5.95. The van der Waals surface area contributed by atoms with Gasteiger partial charge in [-0.25, -0.2) is 4.39 Å². The number of rotatable bonds is 3. The molecule has 0 heterocycles. The fraction of sp³-hybridized carbons (Fsp3) is 0.188. The summed E-state index contributed by atoms with van der Waals surface area (Å²) in [7, 11) is 0. The van der Waals surface area contributed by atoms with E-state index < -0.39 is 0 Å². The van der Waals surface area contributed by atoms with E-state index in [0.29, 0.717) is 12.1 Å². The lowest BCUT2D eigenvalue weighted by Crippen LogP contribution is -2.23. The molecule has 0 spiro atoms. The Morgan fingerprint density at radius 1 is 1.11 bits per heavy atom. The van der Waals surface area contributed by atoms with E-state index in [9.17, 15) is 9.18 Å². The van der Waals surface area contributed by atoms with Gasteiger partial charge in [-0.1, -0.05) is 29.8 Å². The molecule has 0 aliphatic carbocycles. The number of carbonyl (C=O) groups excluding carboxylic acids is 1. The van der Waals surface area contributed by atoms with E-state index in [1.54, 1.807) is 12.1 Å². The van der Waals surface area contributed by atoms with E-state index in [1.807, 2.05) is 32.0 Å². The molecule has 19 heavy (non-hydrogen) atoms. The molecule has 3 heteroatoms. The Hall–Kier alpha value is -2.16. The summed E-state index contributed by atoms with van der Waals surface area (Å²) in [5.41, 5.74) is 3.56. The van der Waals surface area contributed by atoms with Crippen molar-refractivity contribution < 1.29 is 9.18 Å². The van der Waals surface area contributed by atoms with Crippen molar-refractivity contribution in [1.29, 1.82) is 0 Å². The molecule has 1 amide bonds. The van der Waals surface area contributed by atoms with Crippen molar-refractivity contribution in [2.75, 3.05) is 0 Å². The molecule has 0 aliphatic heterocycles. The summed E-state index contributed by atoms with van der Waals surface area (Å²) in [5.74, 6) is -0.380. The van der Waals surface area contributed by atoms with Gasteiger partial charge in [0, 0.05) is 12.1 Å². The van der Waals surface area contributed by atoms with Crippen molar-refractivity contribution in [3.63, 3.8) is 0 Å². The fourth-order valence-electron chi connectivity index (χ4n) is 1.86. The number of nitrogens with one attached hydrogen (secondary N) is 1. The summed E-state index contributed by atoms with van der Waals surface area (Å²) in [5, 5.41) is 2.84. The van der Waals surface area contributed by atoms with Crippen LogP contribution in [0.25, 0.3) is 0 Å². The Labute approximate surface area is 112 Å². The van der Waals surface area contributed by atoms with E-state index in [2.05, 4.69) is 5.32 Å². The fourth-order valence-corrected chi connectivity index (χ4v) is 1.86. The lowest BCUT2D eigenvalue weighted by Gasteiger charge is -2.08. The monoisotopic (exact) mass is 257 g/mol. The quantitative estimate of drug-likeness (QED) is 0.897. The summed E-state index contributed by atoms with van der Waals surface area (Å²) in [6.45, 7) is 4.26. The SMILES string of the molecule is Cc1ccc(C)c(C(=O)NCc2ccc(F)cc2)c1. The second-order valence-electron chi connectivity index (χ2n) is 4.63. The molecular weight excluding hydrogens is 241 g/mol. The highest BCUT2D eigenvalue weighted by Crippen LogP contribution is 2.11. The topological polar surface area (TPSA) is 29.1 Å². The number of hydrogen-bond donors (Lipinski definition) is 1. The molecule has 2 aromatic rings. The molecular formula is C16H16FNO. The van der Waals surface area contributed by atoms with Crippen molar-refractivity contribution in [1.82, 2.24) is 5.32 Å². The van der Waals surface area contributed by atoms with Gasteiger partial charge in [0.25, 0.3) is 5.91 Å².